The molecular weight excluding hydrogens is 320 g/mol. The number of hydrogen-bond acceptors (Lipinski definition) is 5. The standard InChI is InChI=1S/C20H16O5/c1-24-19(22)15-7-4-5-13(11-15)12-25-20(23)17-10-9-14-6-2-3-8-16(14)18(17)21/h2-11,21H,12H2,1H3. The molecule has 3 aromatic rings. The molecule has 0 radical (unpaired) electrons. The van der Waals surface area contributed by atoms with Crippen LogP contribution in [0, 0.1) is 0 Å². The number of aromatic hydroxyl groups is 1. The second kappa shape index (κ2) is 7.05. The van der Waals surface area contributed by atoms with E-state index >= 15 is 0 Å². The summed E-state index contributed by atoms with van der Waals surface area (Å²) >= 11 is 0. The number of esters is 2. The fourth-order valence-electron chi connectivity index (χ4n) is 2.55. The number of methoxy groups -OCH3 is 1. The molecule has 0 saturated carbocycles. The lowest BCUT2D eigenvalue weighted by Crippen LogP contribution is -2.07. The fourth-order valence-corrected chi connectivity index (χ4v) is 2.55. The highest BCUT2D eigenvalue weighted by molar-refractivity contribution is 6.01. The third-order valence-electron chi connectivity index (χ3n) is 3.84. The van der Waals surface area contributed by atoms with Gasteiger partial charge in [0.05, 0.1) is 12.7 Å². The van der Waals surface area contributed by atoms with Crippen molar-refractivity contribution in [2.24, 2.45) is 0 Å². The molecule has 0 spiro atoms. The van der Waals surface area contributed by atoms with E-state index in [0.29, 0.717) is 16.5 Å². The summed E-state index contributed by atoms with van der Waals surface area (Å²) in [6.07, 6.45) is 0. The van der Waals surface area contributed by atoms with Crippen LogP contribution in [0.2, 0.25) is 0 Å². The molecule has 3 aromatic carbocycles. The Hall–Kier alpha value is -3.34. The Labute approximate surface area is 144 Å². The average molecular weight is 336 g/mol. The van der Waals surface area contributed by atoms with Crippen LogP contribution in [0.4, 0.5) is 0 Å². The van der Waals surface area contributed by atoms with Crippen LogP contribution in [0.1, 0.15) is 26.3 Å². The molecule has 0 aliphatic rings. The van der Waals surface area contributed by atoms with Crippen molar-refractivity contribution in [1.29, 1.82) is 0 Å². The van der Waals surface area contributed by atoms with Gasteiger partial charge < -0.3 is 14.6 Å². The first-order chi connectivity index (χ1) is 12.1. The lowest BCUT2D eigenvalue weighted by molar-refractivity contribution is 0.0469. The maximum absolute atomic E-state index is 12.3. The molecule has 0 heterocycles. The van der Waals surface area contributed by atoms with E-state index in [1.807, 2.05) is 12.1 Å². The van der Waals surface area contributed by atoms with E-state index in [-0.39, 0.29) is 17.9 Å². The number of benzene rings is 3. The van der Waals surface area contributed by atoms with E-state index in [1.165, 1.54) is 13.2 Å². The van der Waals surface area contributed by atoms with Gasteiger partial charge >= 0.3 is 11.9 Å². The van der Waals surface area contributed by atoms with Gasteiger partial charge in [-0.15, -0.1) is 0 Å². The Bertz CT molecular complexity index is 946. The minimum Gasteiger partial charge on any atom is -0.506 e. The van der Waals surface area contributed by atoms with Crippen LogP contribution in [0.3, 0.4) is 0 Å². The molecule has 0 fully saturated rings. The smallest absolute Gasteiger partial charge is 0.342 e. The number of carbonyl (C=O) groups is 2. The molecule has 0 atom stereocenters. The maximum Gasteiger partial charge on any atom is 0.342 e. The Morgan fingerprint density at radius 2 is 1.76 bits per heavy atom. The summed E-state index contributed by atoms with van der Waals surface area (Å²) in [7, 11) is 1.30. The van der Waals surface area contributed by atoms with Gasteiger partial charge in [-0.3, -0.25) is 0 Å². The number of rotatable bonds is 4. The fraction of sp³-hybridized carbons (Fsp3) is 0.100. The third-order valence-corrected chi connectivity index (χ3v) is 3.84. The Morgan fingerprint density at radius 3 is 2.56 bits per heavy atom. The molecule has 0 saturated heterocycles. The minimum absolute atomic E-state index is 0.0179. The van der Waals surface area contributed by atoms with Gasteiger partial charge in [-0.2, -0.15) is 0 Å². The summed E-state index contributed by atoms with van der Waals surface area (Å²) in [4.78, 5) is 23.8. The molecule has 1 N–H and O–H groups in total. The topological polar surface area (TPSA) is 72.8 Å². The first-order valence-electron chi connectivity index (χ1n) is 7.65. The zero-order valence-electron chi connectivity index (χ0n) is 13.6. The molecule has 5 nitrogen and oxygen atoms in total. The molecule has 0 unspecified atom stereocenters. The van der Waals surface area contributed by atoms with Crippen molar-refractivity contribution in [3.63, 3.8) is 0 Å². The number of hydrogen-bond donors (Lipinski definition) is 1. The second-order valence-corrected chi connectivity index (χ2v) is 5.45. The SMILES string of the molecule is COC(=O)c1cccc(COC(=O)c2ccc3ccccc3c2O)c1. The van der Waals surface area contributed by atoms with Gasteiger partial charge in [-0.25, -0.2) is 9.59 Å². The Kier molecular flexibility index (Phi) is 4.66. The van der Waals surface area contributed by atoms with E-state index in [4.69, 9.17) is 4.74 Å². The minimum atomic E-state index is -0.633. The normalized spacial score (nSPS) is 10.4. The van der Waals surface area contributed by atoms with Crippen molar-refractivity contribution in [3.8, 4) is 5.75 Å². The quantitative estimate of drug-likeness (QED) is 0.736. The zero-order chi connectivity index (χ0) is 17.8. The van der Waals surface area contributed by atoms with E-state index in [0.717, 1.165) is 5.39 Å². The van der Waals surface area contributed by atoms with Crippen LogP contribution in [0.5, 0.6) is 5.75 Å². The molecule has 0 bridgehead atoms. The van der Waals surface area contributed by atoms with E-state index in [2.05, 4.69) is 4.74 Å². The molecule has 25 heavy (non-hydrogen) atoms. The monoisotopic (exact) mass is 336 g/mol. The van der Waals surface area contributed by atoms with Crippen LogP contribution in [-0.2, 0) is 16.1 Å². The lowest BCUT2D eigenvalue weighted by Gasteiger charge is -2.09. The highest BCUT2D eigenvalue weighted by Gasteiger charge is 2.15. The highest BCUT2D eigenvalue weighted by atomic mass is 16.5. The number of fused-ring (bicyclic) bond motifs is 1. The molecule has 126 valence electrons. The zero-order valence-corrected chi connectivity index (χ0v) is 13.6. The summed E-state index contributed by atoms with van der Waals surface area (Å²) in [5, 5.41) is 11.7. The molecular formula is C20H16O5. The van der Waals surface area contributed by atoms with Crippen LogP contribution < -0.4 is 0 Å². The molecule has 0 aliphatic carbocycles. The van der Waals surface area contributed by atoms with Gasteiger partial charge in [-0.05, 0) is 29.1 Å². The summed E-state index contributed by atoms with van der Waals surface area (Å²) in [6, 6.07) is 17.1. The van der Waals surface area contributed by atoms with E-state index in [9.17, 15) is 14.7 Å². The van der Waals surface area contributed by atoms with Gasteiger partial charge in [0.15, 0.2) is 0 Å². The van der Waals surface area contributed by atoms with E-state index in [1.54, 1.807) is 42.5 Å². The van der Waals surface area contributed by atoms with Crippen molar-refractivity contribution in [2.45, 2.75) is 6.61 Å². The summed E-state index contributed by atoms with van der Waals surface area (Å²) in [5.74, 6) is -1.20. The van der Waals surface area contributed by atoms with Crippen LogP contribution in [0.15, 0.2) is 60.7 Å². The molecule has 5 heteroatoms. The van der Waals surface area contributed by atoms with Crippen LogP contribution in [-0.4, -0.2) is 24.2 Å². The van der Waals surface area contributed by atoms with Crippen molar-refractivity contribution >= 4 is 22.7 Å². The molecule has 0 aromatic heterocycles. The first kappa shape index (κ1) is 16.5. The van der Waals surface area contributed by atoms with Crippen molar-refractivity contribution in [2.75, 3.05) is 7.11 Å². The first-order valence-corrected chi connectivity index (χ1v) is 7.65. The average Bonchev–Trinajstić information content (AvgIpc) is 2.66. The predicted molar refractivity (Wildman–Crippen MR) is 92.5 cm³/mol. The second-order valence-electron chi connectivity index (χ2n) is 5.45. The summed E-state index contributed by atoms with van der Waals surface area (Å²) in [6.45, 7) is -0.0179. The van der Waals surface area contributed by atoms with Gasteiger partial charge in [0.1, 0.15) is 17.9 Å². The summed E-state index contributed by atoms with van der Waals surface area (Å²) in [5.41, 5.74) is 1.13. The van der Waals surface area contributed by atoms with Gasteiger partial charge in [0.2, 0.25) is 0 Å². The van der Waals surface area contributed by atoms with Gasteiger partial charge in [-0.1, -0.05) is 42.5 Å². The number of ether oxygens (including phenoxy) is 2. The summed E-state index contributed by atoms with van der Waals surface area (Å²) < 4.78 is 9.92. The number of carbonyl (C=O) groups excluding carboxylic acids is 2. The van der Waals surface area contributed by atoms with Crippen molar-refractivity contribution < 1.29 is 24.2 Å². The van der Waals surface area contributed by atoms with E-state index < -0.39 is 11.9 Å². The molecule has 0 aliphatic heterocycles. The van der Waals surface area contributed by atoms with Crippen molar-refractivity contribution in [1.82, 2.24) is 0 Å². The van der Waals surface area contributed by atoms with Gasteiger partial charge in [0.25, 0.3) is 0 Å². The predicted octanol–water partition coefficient (Wildman–Crippen LogP) is 3.69. The number of phenolic OH excluding ortho intramolecular Hbond substituents is 1. The molecule has 0 amide bonds. The van der Waals surface area contributed by atoms with Crippen molar-refractivity contribution in [3.05, 3.63) is 77.4 Å². The molecule has 3 rings (SSSR count). The van der Waals surface area contributed by atoms with Gasteiger partial charge in [0, 0.05) is 5.39 Å². The number of phenols is 1. The lowest BCUT2D eigenvalue weighted by atomic mass is 10.1. The van der Waals surface area contributed by atoms with Crippen LogP contribution in [0.25, 0.3) is 10.8 Å². The van der Waals surface area contributed by atoms with Crippen LogP contribution >= 0.6 is 0 Å². The largest absolute Gasteiger partial charge is 0.506 e. The highest BCUT2D eigenvalue weighted by Crippen LogP contribution is 2.29. The third kappa shape index (κ3) is 3.45. The maximum atomic E-state index is 12.3. The Morgan fingerprint density at radius 1 is 0.960 bits per heavy atom. The Balaban J connectivity index is 1.77.